The smallest absolute Gasteiger partial charge is 0.104 e. The van der Waals surface area contributed by atoms with Gasteiger partial charge in [0.2, 0.25) is 0 Å². The maximum atomic E-state index is 8.25. The average Bonchev–Trinajstić information content (AvgIpc) is 2.71. The Kier molecular flexibility index (Phi) is 2.43. The van der Waals surface area contributed by atoms with E-state index in [2.05, 4.69) is 6.58 Å². The molecule has 0 saturated carbocycles. The summed E-state index contributed by atoms with van der Waals surface area (Å²) in [6.07, 6.45) is 0.270. The van der Waals surface area contributed by atoms with Gasteiger partial charge in [0.25, 0.3) is 0 Å². The minimum Gasteiger partial charge on any atom is -0.373 e. The predicted octanol–water partition coefficient (Wildman–Crippen LogP) is 0.482. The Hall–Kier alpha value is -0.850. The molecule has 1 saturated heterocycles. The highest BCUT2D eigenvalue weighted by Gasteiger charge is 2.22. The Balaban J connectivity index is 1.94. The van der Waals surface area contributed by atoms with Crippen LogP contribution in [-0.4, -0.2) is 25.9 Å². The second kappa shape index (κ2) is 3.35. The zero-order chi connectivity index (χ0) is 7.40. The van der Waals surface area contributed by atoms with Gasteiger partial charge in [-0.3, -0.25) is 0 Å². The molecule has 0 aliphatic carbocycles. The van der Waals surface area contributed by atoms with E-state index in [1.165, 1.54) is 0 Å². The van der Waals surface area contributed by atoms with Gasteiger partial charge in [-0.1, -0.05) is 6.58 Å². The molecule has 1 fully saturated rings. The lowest BCUT2D eigenvalue weighted by Gasteiger charge is -1.96. The van der Waals surface area contributed by atoms with E-state index in [9.17, 15) is 0 Å². The molecule has 1 atom stereocenters. The van der Waals surface area contributed by atoms with Crippen molar-refractivity contribution in [2.75, 3.05) is 19.8 Å². The summed E-state index contributed by atoms with van der Waals surface area (Å²) in [5.41, 5.74) is 0.459. The van der Waals surface area contributed by atoms with Crippen molar-refractivity contribution >= 4 is 0 Å². The SMILES string of the molecule is C=C(C#N)COCC1CO1. The third-order valence-corrected chi connectivity index (χ3v) is 1.14. The lowest BCUT2D eigenvalue weighted by molar-refractivity contribution is 0.138. The normalized spacial score (nSPS) is 21.7. The van der Waals surface area contributed by atoms with E-state index >= 15 is 0 Å². The molecule has 10 heavy (non-hydrogen) atoms. The van der Waals surface area contributed by atoms with Crippen molar-refractivity contribution in [3.05, 3.63) is 12.2 Å². The largest absolute Gasteiger partial charge is 0.373 e. The Labute approximate surface area is 59.9 Å². The molecule has 0 amide bonds. The highest BCUT2D eigenvalue weighted by molar-refractivity contribution is 5.15. The first-order chi connectivity index (χ1) is 4.83. The fourth-order valence-corrected chi connectivity index (χ4v) is 0.510. The molecule has 1 aliphatic heterocycles. The highest BCUT2D eigenvalue weighted by atomic mass is 16.6. The molecule has 54 valence electrons. The summed E-state index contributed by atoms with van der Waals surface area (Å²) in [5.74, 6) is 0. The van der Waals surface area contributed by atoms with Crippen molar-refractivity contribution in [2.45, 2.75) is 6.10 Å². The molecule has 0 radical (unpaired) electrons. The summed E-state index contributed by atoms with van der Waals surface area (Å²) in [4.78, 5) is 0. The Morgan fingerprint density at radius 1 is 1.90 bits per heavy atom. The molecule has 0 N–H and O–H groups in total. The summed E-state index contributed by atoms with van der Waals surface area (Å²) in [7, 11) is 0. The van der Waals surface area contributed by atoms with Gasteiger partial charge in [0.05, 0.1) is 25.9 Å². The second-order valence-electron chi connectivity index (χ2n) is 2.19. The van der Waals surface area contributed by atoms with E-state index in [1.807, 2.05) is 6.07 Å². The molecule has 1 rings (SSSR count). The number of epoxide rings is 1. The standard InChI is InChI=1S/C7H9NO2/c1-6(2-8)3-9-4-7-5-10-7/h7H,1,3-5H2. The number of nitrogens with zero attached hydrogens (tertiary/aromatic N) is 1. The van der Waals surface area contributed by atoms with Gasteiger partial charge in [0, 0.05) is 5.57 Å². The van der Waals surface area contributed by atoms with Crippen molar-refractivity contribution in [1.82, 2.24) is 0 Å². The van der Waals surface area contributed by atoms with Crippen molar-refractivity contribution in [2.24, 2.45) is 0 Å². The third-order valence-electron chi connectivity index (χ3n) is 1.14. The first kappa shape index (κ1) is 7.26. The number of hydrogen-bond donors (Lipinski definition) is 0. The average molecular weight is 139 g/mol. The van der Waals surface area contributed by atoms with Crippen LogP contribution in [0.4, 0.5) is 0 Å². The monoisotopic (exact) mass is 139 g/mol. The molecule has 1 aliphatic rings. The van der Waals surface area contributed by atoms with Gasteiger partial charge in [-0.2, -0.15) is 5.26 Å². The number of ether oxygens (including phenoxy) is 2. The lowest BCUT2D eigenvalue weighted by Crippen LogP contribution is -2.03. The molecule has 0 bridgehead atoms. The van der Waals surface area contributed by atoms with Crippen LogP contribution in [0.2, 0.25) is 0 Å². The van der Waals surface area contributed by atoms with Gasteiger partial charge < -0.3 is 9.47 Å². The Bertz CT molecular complexity index is 167. The number of hydrogen-bond acceptors (Lipinski definition) is 3. The Morgan fingerprint density at radius 2 is 2.60 bits per heavy atom. The molecule has 0 aromatic heterocycles. The van der Waals surface area contributed by atoms with Crippen molar-refractivity contribution < 1.29 is 9.47 Å². The highest BCUT2D eigenvalue weighted by Crippen LogP contribution is 2.08. The van der Waals surface area contributed by atoms with E-state index < -0.39 is 0 Å². The fourth-order valence-electron chi connectivity index (χ4n) is 0.510. The zero-order valence-electron chi connectivity index (χ0n) is 5.67. The summed E-state index contributed by atoms with van der Waals surface area (Å²) in [6.45, 7) is 5.17. The minimum absolute atomic E-state index is 0.270. The fraction of sp³-hybridized carbons (Fsp3) is 0.571. The van der Waals surface area contributed by atoms with Crippen LogP contribution in [0.1, 0.15) is 0 Å². The van der Waals surface area contributed by atoms with Crippen molar-refractivity contribution in [1.29, 1.82) is 5.26 Å². The summed E-state index contributed by atoms with van der Waals surface area (Å²) < 4.78 is 9.95. The molecule has 0 spiro atoms. The van der Waals surface area contributed by atoms with E-state index in [1.54, 1.807) is 0 Å². The quantitative estimate of drug-likeness (QED) is 0.420. The van der Waals surface area contributed by atoms with Crippen LogP contribution in [0, 0.1) is 11.3 Å². The number of rotatable bonds is 4. The van der Waals surface area contributed by atoms with Crippen molar-refractivity contribution in [3.8, 4) is 6.07 Å². The lowest BCUT2D eigenvalue weighted by atomic mass is 10.4. The van der Waals surface area contributed by atoms with Crippen molar-refractivity contribution in [3.63, 3.8) is 0 Å². The van der Waals surface area contributed by atoms with E-state index in [4.69, 9.17) is 14.7 Å². The van der Waals surface area contributed by atoms with Gasteiger partial charge in [-0.25, -0.2) is 0 Å². The second-order valence-corrected chi connectivity index (χ2v) is 2.19. The first-order valence-electron chi connectivity index (χ1n) is 3.10. The minimum atomic E-state index is 0.270. The molecule has 1 heterocycles. The molecular formula is C7H9NO2. The van der Waals surface area contributed by atoms with Crippen LogP contribution in [0.15, 0.2) is 12.2 Å². The van der Waals surface area contributed by atoms with Crippen LogP contribution in [0.5, 0.6) is 0 Å². The van der Waals surface area contributed by atoms with Crippen LogP contribution < -0.4 is 0 Å². The maximum Gasteiger partial charge on any atom is 0.104 e. The maximum absolute atomic E-state index is 8.25. The predicted molar refractivity (Wildman–Crippen MR) is 35.3 cm³/mol. The van der Waals surface area contributed by atoms with Crippen LogP contribution >= 0.6 is 0 Å². The summed E-state index contributed by atoms with van der Waals surface area (Å²) in [6, 6.07) is 1.90. The number of nitriles is 1. The first-order valence-corrected chi connectivity index (χ1v) is 3.10. The molecule has 1 unspecified atom stereocenters. The molecule has 0 aromatic carbocycles. The molecular weight excluding hydrogens is 130 g/mol. The van der Waals surface area contributed by atoms with Gasteiger partial charge in [-0.05, 0) is 0 Å². The van der Waals surface area contributed by atoms with E-state index in [0.29, 0.717) is 18.8 Å². The summed E-state index contributed by atoms with van der Waals surface area (Å²) in [5, 5.41) is 8.25. The van der Waals surface area contributed by atoms with E-state index in [0.717, 1.165) is 6.61 Å². The van der Waals surface area contributed by atoms with Gasteiger partial charge >= 0.3 is 0 Å². The van der Waals surface area contributed by atoms with Gasteiger partial charge in [0.1, 0.15) is 6.10 Å². The van der Waals surface area contributed by atoms with Crippen LogP contribution in [-0.2, 0) is 9.47 Å². The summed E-state index contributed by atoms with van der Waals surface area (Å²) >= 11 is 0. The molecule has 3 heteroatoms. The third kappa shape index (κ3) is 2.62. The van der Waals surface area contributed by atoms with Crippen LogP contribution in [0.3, 0.4) is 0 Å². The molecule has 3 nitrogen and oxygen atoms in total. The van der Waals surface area contributed by atoms with Crippen LogP contribution in [0.25, 0.3) is 0 Å². The molecule has 0 aromatic rings. The van der Waals surface area contributed by atoms with Gasteiger partial charge in [-0.15, -0.1) is 0 Å². The zero-order valence-corrected chi connectivity index (χ0v) is 5.67. The van der Waals surface area contributed by atoms with Gasteiger partial charge in [0.15, 0.2) is 0 Å². The van der Waals surface area contributed by atoms with E-state index in [-0.39, 0.29) is 6.10 Å². The topological polar surface area (TPSA) is 45.5 Å². The Morgan fingerprint density at radius 3 is 3.10 bits per heavy atom.